The van der Waals surface area contributed by atoms with Crippen LogP contribution in [0.15, 0.2) is 24.3 Å². The molecule has 1 aromatic carbocycles. The maximum absolute atomic E-state index is 12.5. The number of phenols is 1. The fraction of sp³-hybridized carbons (Fsp3) is 0.500. The van der Waals surface area contributed by atoms with E-state index in [1.165, 1.54) is 6.07 Å². The Balaban J connectivity index is 2.05. The van der Waals surface area contributed by atoms with E-state index in [-0.39, 0.29) is 29.9 Å². The number of rotatable bonds is 4. The quantitative estimate of drug-likeness (QED) is 0.892. The van der Waals surface area contributed by atoms with Crippen molar-refractivity contribution in [3.63, 3.8) is 0 Å². The third-order valence-electron chi connectivity index (χ3n) is 4.18. The smallest absolute Gasteiger partial charge is 0.303 e. The lowest BCUT2D eigenvalue weighted by atomic mass is 9.84. The Hall–Kier alpha value is -2.04. The first-order valence-electron chi connectivity index (χ1n) is 7.28. The number of piperidine rings is 1. The highest BCUT2D eigenvalue weighted by atomic mass is 16.4. The molecule has 5 heteroatoms. The molecule has 1 aliphatic heterocycles. The van der Waals surface area contributed by atoms with E-state index in [1.807, 2.05) is 6.92 Å². The standard InChI is InChI=1S/C16H21NO4/c1-11(9-15(19)20)12-5-4-8-17(10-12)16(21)13-6-2-3-7-14(13)18/h2-3,6-7,11-12,18H,4-5,8-10H2,1H3,(H,19,20). The Kier molecular flexibility index (Phi) is 4.83. The predicted molar refractivity (Wildman–Crippen MR) is 78.2 cm³/mol. The molecule has 2 unspecified atom stereocenters. The number of hydrogen-bond acceptors (Lipinski definition) is 3. The van der Waals surface area contributed by atoms with Crippen LogP contribution in [-0.2, 0) is 4.79 Å². The first kappa shape index (κ1) is 15.4. The molecule has 1 saturated heterocycles. The van der Waals surface area contributed by atoms with E-state index in [2.05, 4.69) is 0 Å². The summed E-state index contributed by atoms with van der Waals surface area (Å²) in [6.45, 7) is 3.14. The second kappa shape index (κ2) is 6.61. The first-order valence-corrected chi connectivity index (χ1v) is 7.28. The van der Waals surface area contributed by atoms with Gasteiger partial charge in [-0.25, -0.2) is 0 Å². The van der Waals surface area contributed by atoms with Crippen molar-refractivity contribution in [2.24, 2.45) is 11.8 Å². The Labute approximate surface area is 124 Å². The molecule has 0 aromatic heterocycles. The van der Waals surface area contributed by atoms with Gasteiger partial charge >= 0.3 is 5.97 Å². The number of carboxylic acids is 1. The van der Waals surface area contributed by atoms with Gasteiger partial charge in [0.2, 0.25) is 0 Å². The average Bonchev–Trinajstić information content (AvgIpc) is 2.46. The molecule has 0 saturated carbocycles. The second-order valence-electron chi connectivity index (χ2n) is 5.75. The number of carbonyl (C=O) groups is 2. The molecule has 21 heavy (non-hydrogen) atoms. The van der Waals surface area contributed by atoms with Gasteiger partial charge in [0.05, 0.1) is 5.56 Å². The van der Waals surface area contributed by atoms with E-state index in [1.54, 1.807) is 23.1 Å². The second-order valence-corrected chi connectivity index (χ2v) is 5.75. The van der Waals surface area contributed by atoms with Crippen LogP contribution in [0.25, 0.3) is 0 Å². The number of carboxylic acid groups (broad SMARTS) is 1. The summed E-state index contributed by atoms with van der Waals surface area (Å²) in [5.41, 5.74) is 0.309. The van der Waals surface area contributed by atoms with Crippen molar-refractivity contribution in [1.29, 1.82) is 0 Å². The summed E-state index contributed by atoms with van der Waals surface area (Å²) in [5, 5.41) is 18.7. The minimum Gasteiger partial charge on any atom is -0.507 e. The number of carbonyl (C=O) groups excluding carboxylic acids is 1. The Morgan fingerprint density at radius 1 is 1.38 bits per heavy atom. The molecular formula is C16H21NO4. The van der Waals surface area contributed by atoms with Crippen molar-refractivity contribution in [1.82, 2.24) is 4.90 Å². The number of para-hydroxylation sites is 1. The number of benzene rings is 1. The molecule has 1 aliphatic rings. The molecule has 0 aliphatic carbocycles. The fourth-order valence-electron chi connectivity index (χ4n) is 2.93. The molecule has 1 aromatic rings. The summed E-state index contributed by atoms with van der Waals surface area (Å²) >= 11 is 0. The number of likely N-dealkylation sites (tertiary alicyclic amines) is 1. The Morgan fingerprint density at radius 3 is 2.76 bits per heavy atom. The summed E-state index contributed by atoms with van der Waals surface area (Å²) in [7, 11) is 0. The third kappa shape index (κ3) is 3.74. The van der Waals surface area contributed by atoms with Gasteiger partial charge < -0.3 is 15.1 Å². The van der Waals surface area contributed by atoms with Crippen LogP contribution in [0.2, 0.25) is 0 Å². The normalized spacial score (nSPS) is 20.0. The summed E-state index contributed by atoms with van der Waals surface area (Å²) in [6.07, 6.45) is 1.94. The highest BCUT2D eigenvalue weighted by Gasteiger charge is 2.29. The lowest BCUT2D eigenvalue weighted by Crippen LogP contribution is -2.42. The van der Waals surface area contributed by atoms with Crippen molar-refractivity contribution >= 4 is 11.9 Å². The molecule has 0 bridgehead atoms. The summed E-state index contributed by atoms with van der Waals surface area (Å²) in [5.74, 6) is -0.748. The number of aromatic hydroxyl groups is 1. The van der Waals surface area contributed by atoms with Crippen molar-refractivity contribution in [3.8, 4) is 5.75 Å². The minimum atomic E-state index is -0.799. The largest absolute Gasteiger partial charge is 0.507 e. The number of hydrogen-bond donors (Lipinski definition) is 2. The van der Waals surface area contributed by atoms with Crippen LogP contribution in [0, 0.1) is 11.8 Å². The van der Waals surface area contributed by atoms with Crippen molar-refractivity contribution < 1.29 is 19.8 Å². The van der Waals surface area contributed by atoms with Gasteiger partial charge in [-0.1, -0.05) is 19.1 Å². The van der Waals surface area contributed by atoms with Crippen LogP contribution >= 0.6 is 0 Å². The molecular weight excluding hydrogens is 270 g/mol. The molecule has 0 spiro atoms. The van der Waals surface area contributed by atoms with Crippen molar-refractivity contribution in [2.45, 2.75) is 26.2 Å². The highest BCUT2D eigenvalue weighted by molar-refractivity contribution is 5.96. The van der Waals surface area contributed by atoms with Crippen LogP contribution in [0.5, 0.6) is 5.75 Å². The molecule has 2 atom stereocenters. The van der Waals surface area contributed by atoms with E-state index >= 15 is 0 Å². The SMILES string of the molecule is CC(CC(=O)O)C1CCCN(C(=O)c2ccccc2O)C1. The van der Waals surface area contributed by atoms with E-state index in [9.17, 15) is 14.7 Å². The number of amides is 1. The van der Waals surface area contributed by atoms with E-state index in [4.69, 9.17) is 5.11 Å². The summed E-state index contributed by atoms with van der Waals surface area (Å²) < 4.78 is 0. The fourth-order valence-corrected chi connectivity index (χ4v) is 2.93. The molecule has 1 heterocycles. The monoisotopic (exact) mass is 291 g/mol. The highest BCUT2D eigenvalue weighted by Crippen LogP contribution is 2.28. The molecule has 2 N–H and O–H groups in total. The number of nitrogens with zero attached hydrogens (tertiary/aromatic N) is 1. The molecule has 5 nitrogen and oxygen atoms in total. The molecule has 2 rings (SSSR count). The maximum atomic E-state index is 12.5. The van der Waals surface area contributed by atoms with Crippen molar-refractivity contribution in [3.05, 3.63) is 29.8 Å². The predicted octanol–water partition coefficient (Wildman–Crippen LogP) is 2.36. The van der Waals surface area contributed by atoms with Crippen LogP contribution in [0.3, 0.4) is 0 Å². The van der Waals surface area contributed by atoms with Gasteiger partial charge in [0.1, 0.15) is 5.75 Å². The summed E-state index contributed by atoms with van der Waals surface area (Å²) in [4.78, 5) is 25.0. The van der Waals surface area contributed by atoms with Gasteiger partial charge in [-0.05, 0) is 36.8 Å². The van der Waals surface area contributed by atoms with Crippen LogP contribution in [0.1, 0.15) is 36.5 Å². The van der Waals surface area contributed by atoms with E-state index in [0.717, 1.165) is 12.8 Å². The zero-order valence-electron chi connectivity index (χ0n) is 12.2. The number of phenolic OH excluding ortho intramolecular Hbond substituents is 1. The van der Waals surface area contributed by atoms with Gasteiger partial charge in [0.25, 0.3) is 5.91 Å². The minimum absolute atomic E-state index is 0.0109. The Morgan fingerprint density at radius 2 is 2.10 bits per heavy atom. The molecule has 1 amide bonds. The van der Waals surface area contributed by atoms with Gasteiger partial charge in [-0.2, -0.15) is 0 Å². The van der Waals surface area contributed by atoms with E-state index < -0.39 is 5.97 Å². The van der Waals surface area contributed by atoms with Gasteiger partial charge in [-0.3, -0.25) is 9.59 Å². The Bertz CT molecular complexity index is 529. The topological polar surface area (TPSA) is 77.8 Å². The van der Waals surface area contributed by atoms with Crippen LogP contribution in [0.4, 0.5) is 0 Å². The lowest BCUT2D eigenvalue weighted by molar-refractivity contribution is -0.138. The zero-order valence-corrected chi connectivity index (χ0v) is 12.2. The first-order chi connectivity index (χ1) is 9.99. The molecule has 1 fully saturated rings. The lowest BCUT2D eigenvalue weighted by Gasteiger charge is -2.35. The third-order valence-corrected chi connectivity index (χ3v) is 4.18. The van der Waals surface area contributed by atoms with Crippen molar-refractivity contribution in [2.75, 3.05) is 13.1 Å². The summed E-state index contributed by atoms with van der Waals surface area (Å²) in [6, 6.07) is 6.52. The van der Waals surface area contributed by atoms with Gasteiger partial charge in [-0.15, -0.1) is 0 Å². The van der Waals surface area contributed by atoms with Gasteiger partial charge in [0, 0.05) is 19.5 Å². The van der Waals surface area contributed by atoms with E-state index in [0.29, 0.717) is 18.7 Å². The zero-order chi connectivity index (χ0) is 15.4. The van der Waals surface area contributed by atoms with Crippen LogP contribution in [-0.4, -0.2) is 40.1 Å². The molecule has 0 radical (unpaired) electrons. The average molecular weight is 291 g/mol. The number of aliphatic carboxylic acids is 1. The van der Waals surface area contributed by atoms with Gasteiger partial charge in [0.15, 0.2) is 0 Å². The maximum Gasteiger partial charge on any atom is 0.303 e. The molecule has 114 valence electrons. The van der Waals surface area contributed by atoms with Crippen LogP contribution < -0.4 is 0 Å².